The minimum atomic E-state index is 0. The Labute approximate surface area is 212 Å². The molecule has 0 amide bonds. The van der Waals surface area contributed by atoms with Crippen LogP contribution in [0.5, 0.6) is 11.5 Å². The van der Waals surface area contributed by atoms with E-state index in [1.54, 1.807) is 6.92 Å². The molecule has 182 valence electrons. The first-order valence-electron chi connectivity index (χ1n) is 11.6. The van der Waals surface area contributed by atoms with Gasteiger partial charge in [-0.15, -0.1) is 24.0 Å². The van der Waals surface area contributed by atoms with Gasteiger partial charge in [0.05, 0.1) is 19.3 Å². The molecule has 4 rings (SSSR count). The van der Waals surface area contributed by atoms with Crippen LogP contribution in [0.15, 0.2) is 27.7 Å². The predicted molar refractivity (Wildman–Crippen MR) is 137 cm³/mol. The molecule has 2 N–H and O–H groups in total. The Balaban J connectivity index is 0.00000306. The summed E-state index contributed by atoms with van der Waals surface area (Å²) in [5.74, 6) is 3.21. The number of aliphatic imine (C=N–C) groups is 1. The number of ether oxygens (including phenoxy) is 3. The number of aromatic nitrogens is 2. The van der Waals surface area contributed by atoms with Crippen molar-refractivity contribution in [3.05, 3.63) is 29.9 Å². The average molecular weight is 571 g/mol. The first-order valence-corrected chi connectivity index (χ1v) is 11.6. The lowest BCUT2D eigenvalue weighted by Crippen LogP contribution is -2.32. The molecule has 0 bridgehead atoms. The summed E-state index contributed by atoms with van der Waals surface area (Å²) in [6.07, 6.45) is 8.49. The normalized spacial score (nSPS) is 16.6. The van der Waals surface area contributed by atoms with Gasteiger partial charge in [0.2, 0.25) is 5.89 Å². The molecule has 0 unspecified atom stereocenters. The zero-order valence-corrected chi connectivity index (χ0v) is 21.5. The van der Waals surface area contributed by atoms with E-state index < -0.39 is 0 Å². The Morgan fingerprint density at radius 2 is 1.94 bits per heavy atom. The molecule has 2 aliphatic rings. The maximum atomic E-state index is 6.03. The fourth-order valence-electron chi connectivity index (χ4n) is 3.83. The Kier molecular flexibility index (Phi) is 10.5. The van der Waals surface area contributed by atoms with Gasteiger partial charge >= 0.3 is 0 Å². The number of nitrogens with one attached hydrogen (secondary N) is 2. The van der Waals surface area contributed by atoms with Crippen LogP contribution in [0.1, 0.15) is 56.7 Å². The van der Waals surface area contributed by atoms with E-state index in [2.05, 4.69) is 25.8 Å². The molecule has 2 aromatic rings. The highest BCUT2D eigenvalue weighted by atomic mass is 127. The van der Waals surface area contributed by atoms with Crippen LogP contribution < -0.4 is 20.1 Å². The molecule has 33 heavy (non-hydrogen) atoms. The SMILES string of the molecule is Cc1noc(CN=C(NCCCOC2CCCCC2)Nc2ccc3c(c2)OCCCO3)n1.I. The Hall–Kier alpha value is -2.08. The molecule has 1 aliphatic carbocycles. The van der Waals surface area contributed by atoms with E-state index >= 15 is 0 Å². The first kappa shape index (κ1) is 25.5. The second kappa shape index (κ2) is 13.6. The van der Waals surface area contributed by atoms with Crippen LogP contribution in [0.25, 0.3) is 0 Å². The standard InChI is InChI=1S/C23H33N5O4.HI/c1-17-26-22(32-28-17)16-25-23(24-11-5-12-29-19-7-3-2-4-8-19)27-18-9-10-20-21(15-18)31-14-6-13-30-20;/h9-10,15,19H,2-8,11-14,16H2,1H3,(H2,24,25,27);1H. The zero-order valence-electron chi connectivity index (χ0n) is 19.2. The van der Waals surface area contributed by atoms with E-state index in [1.807, 2.05) is 18.2 Å². The summed E-state index contributed by atoms with van der Waals surface area (Å²) in [5.41, 5.74) is 0.862. The van der Waals surface area contributed by atoms with Crippen LogP contribution >= 0.6 is 24.0 Å². The van der Waals surface area contributed by atoms with Gasteiger partial charge in [0, 0.05) is 31.3 Å². The molecule has 1 aromatic carbocycles. The van der Waals surface area contributed by atoms with E-state index in [0.717, 1.165) is 43.2 Å². The summed E-state index contributed by atoms with van der Waals surface area (Å²) in [5, 5.41) is 10.5. The van der Waals surface area contributed by atoms with Crippen LogP contribution in [0.4, 0.5) is 5.69 Å². The van der Waals surface area contributed by atoms with Gasteiger partial charge in [-0.1, -0.05) is 24.4 Å². The van der Waals surface area contributed by atoms with Gasteiger partial charge in [0.1, 0.15) is 6.54 Å². The van der Waals surface area contributed by atoms with Crippen molar-refractivity contribution >= 4 is 35.6 Å². The number of hydrogen-bond acceptors (Lipinski definition) is 7. The lowest BCUT2D eigenvalue weighted by atomic mass is 9.98. The van der Waals surface area contributed by atoms with Crippen LogP contribution in [0.3, 0.4) is 0 Å². The monoisotopic (exact) mass is 571 g/mol. The van der Waals surface area contributed by atoms with Crippen molar-refractivity contribution in [1.82, 2.24) is 15.5 Å². The number of nitrogens with zero attached hydrogens (tertiary/aromatic N) is 3. The molecule has 0 spiro atoms. The van der Waals surface area contributed by atoms with E-state index in [4.69, 9.17) is 18.7 Å². The number of guanidine groups is 1. The van der Waals surface area contributed by atoms with Crippen molar-refractivity contribution in [1.29, 1.82) is 0 Å². The van der Waals surface area contributed by atoms with Crippen molar-refractivity contribution in [2.75, 3.05) is 31.7 Å². The summed E-state index contributed by atoms with van der Waals surface area (Å²) < 4.78 is 22.7. The smallest absolute Gasteiger partial charge is 0.248 e. The molecule has 0 radical (unpaired) electrons. The van der Waals surface area contributed by atoms with Gasteiger partial charge in [-0.2, -0.15) is 4.98 Å². The molecule has 9 nitrogen and oxygen atoms in total. The van der Waals surface area contributed by atoms with Crippen LogP contribution in [0.2, 0.25) is 0 Å². The average Bonchev–Trinajstić information content (AvgIpc) is 3.09. The minimum Gasteiger partial charge on any atom is -0.490 e. The highest BCUT2D eigenvalue weighted by Gasteiger charge is 2.14. The second-order valence-corrected chi connectivity index (χ2v) is 8.15. The number of benzene rings is 1. The lowest BCUT2D eigenvalue weighted by Gasteiger charge is -2.22. The Morgan fingerprint density at radius 3 is 2.73 bits per heavy atom. The Bertz CT molecular complexity index is 885. The summed E-state index contributed by atoms with van der Waals surface area (Å²) in [6.45, 7) is 4.88. The van der Waals surface area contributed by atoms with Crippen molar-refractivity contribution in [2.45, 2.75) is 64.5 Å². The molecule has 1 saturated carbocycles. The lowest BCUT2D eigenvalue weighted by molar-refractivity contribution is 0.0277. The van der Waals surface area contributed by atoms with Crippen molar-refractivity contribution < 1.29 is 18.7 Å². The molecular weight excluding hydrogens is 537 g/mol. The van der Waals surface area contributed by atoms with E-state index in [0.29, 0.717) is 43.5 Å². The molecular formula is C23H34IN5O4. The molecule has 0 saturated heterocycles. The maximum Gasteiger partial charge on any atom is 0.248 e. The third-order valence-corrected chi connectivity index (χ3v) is 5.47. The van der Waals surface area contributed by atoms with Crippen LogP contribution in [-0.4, -0.2) is 48.6 Å². The van der Waals surface area contributed by atoms with Crippen molar-refractivity contribution in [2.24, 2.45) is 4.99 Å². The molecule has 0 atom stereocenters. The van der Waals surface area contributed by atoms with Gasteiger partial charge < -0.3 is 29.4 Å². The molecule has 1 fully saturated rings. The van der Waals surface area contributed by atoms with Gasteiger partial charge in [-0.25, -0.2) is 4.99 Å². The fraction of sp³-hybridized carbons (Fsp3) is 0.609. The maximum absolute atomic E-state index is 6.03. The van der Waals surface area contributed by atoms with E-state index in [1.165, 1.54) is 32.1 Å². The highest BCUT2D eigenvalue weighted by Crippen LogP contribution is 2.32. The molecule has 1 aromatic heterocycles. The van der Waals surface area contributed by atoms with Crippen molar-refractivity contribution in [3.8, 4) is 11.5 Å². The van der Waals surface area contributed by atoms with Crippen molar-refractivity contribution in [3.63, 3.8) is 0 Å². The van der Waals surface area contributed by atoms with Gasteiger partial charge in [0.25, 0.3) is 0 Å². The van der Waals surface area contributed by atoms with Crippen LogP contribution in [-0.2, 0) is 11.3 Å². The van der Waals surface area contributed by atoms with Gasteiger partial charge in [0.15, 0.2) is 23.3 Å². The van der Waals surface area contributed by atoms with Gasteiger partial charge in [-0.05, 0) is 38.3 Å². The fourth-order valence-corrected chi connectivity index (χ4v) is 3.83. The number of halogens is 1. The number of rotatable bonds is 8. The predicted octanol–water partition coefficient (Wildman–Crippen LogP) is 4.45. The first-order chi connectivity index (χ1) is 15.8. The quantitative estimate of drug-likeness (QED) is 0.207. The number of fused-ring (bicyclic) bond motifs is 1. The molecule has 2 heterocycles. The second-order valence-electron chi connectivity index (χ2n) is 8.15. The summed E-state index contributed by atoms with van der Waals surface area (Å²) in [6, 6.07) is 5.80. The summed E-state index contributed by atoms with van der Waals surface area (Å²) in [4.78, 5) is 8.83. The number of hydrogen-bond donors (Lipinski definition) is 2. The largest absolute Gasteiger partial charge is 0.490 e. The van der Waals surface area contributed by atoms with E-state index in [-0.39, 0.29) is 24.0 Å². The van der Waals surface area contributed by atoms with Gasteiger partial charge in [-0.3, -0.25) is 0 Å². The molecule has 10 heteroatoms. The third-order valence-electron chi connectivity index (χ3n) is 5.47. The summed E-state index contributed by atoms with van der Waals surface area (Å²) in [7, 11) is 0. The summed E-state index contributed by atoms with van der Waals surface area (Å²) >= 11 is 0. The molecule has 1 aliphatic heterocycles. The number of aryl methyl sites for hydroxylation is 1. The highest BCUT2D eigenvalue weighted by molar-refractivity contribution is 14.0. The van der Waals surface area contributed by atoms with Crippen LogP contribution in [0, 0.1) is 6.92 Å². The zero-order chi connectivity index (χ0) is 22.0. The van der Waals surface area contributed by atoms with E-state index in [9.17, 15) is 0 Å². The topological polar surface area (TPSA) is 103 Å². The third kappa shape index (κ3) is 8.33. The minimum absolute atomic E-state index is 0. The number of anilines is 1. The Morgan fingerprint density at radius 1 is 1.12 bits per heavy atom.